The normalized spacial score (nSPS) is 20.6. The van der Waals surface area contributed by atoms with Crippen LogP contribution in [0.2, 0.25) is 0 Å². The first-order valence-corrected chi connectivity index (χ1v) is 7.70. The molecule has 0 radical (unpaired) electrons. The topological polar surface area (TPSA) is 57.6 Å². The van der Waals surface area contributed by atoms with Gasteiger partial charge < -0.3 is 10.0 Å². The van der Waals surface area contributed by atoms with Crippen LogP contribution in [-0.2, 0) is 9.59 Å². The number of Topliss-reactive ketones (excluding diaryl/α,β-unsaturated/α-hetero) is 1. The number of hydrogen-bond acceptors (Lipinski definition) is 3. The number of aliphatic hydroxyl groups excluding tert-OH is 1. The van der Waals surface area contributed by atoms with Crippen LogP contribution in [0.4, 0.5) is 0 Å². The van der Waals surface area contributed by atoms with Gasteiger partial charge in [0, 0.05) is 13.0 Å². The van der Waals surface area contributed by atoms with E-state index in [0.717, 1.165) is 25.7 Å². The number of ketones is 1. The Labute approximate surface area is 121 Å². The molecule has 4 heteroatoms. The molecule has 1 fully saturated rings. The number of carbonyl (C=O) groups excluding carboxylic acids is 2. The Morgan fingerprint density at radius 3 is 2.70 bits per heavy atom. The Hall–Kier alpha value is -1.16. The molecule has 1 aliphatic rings. The highest BCUT2D eigenvalue weighted by Gasteiger charge is 2.33. The summed E-state index contributed by atoms with van der Waals surface area (Å²) in [6.45, 7) is 4.46. The molecule has 1 heterocycles. The third-order valence-corrected chi connectivity index (χ3v) is 3.90. The molecule has 1 aliphatic heterocycles. The van der Waals surface area contributed by atoms with E-state index < -0.39 is 5.92 Å². The number of carbonyl (C=O) groups is 2. The molecular weight excluding hydrogens is 254 g/mol. The maximum Gasteiger partial charge on any atom is 0.233 e. The highest BCUT2D eigenvalue weighted by atomic mass is 16.3. The van der Waals surface area contributed by atoms with E-state index in [4.69, 9.17) is 0 Å². The van der Waals surface area contributed by atoms with Gasteiger partial charge in [0.25, 0.3) is 0 Å². The zero-order valence-corrected chi connectivity index (χ0v) is 12.7. The number of allylic oxidation sites excluding steroid dienone is 2. The molecule has 0 bridgehead atoms. The van der Waals surface area contributed by atoms with Crippen molar-refractivity contribution in [2.24, 2.45) is 5.92 Å². The van der Waals surface area contributed by atoms with E-state index in [9.17, 15) is 14.7 Å². The summed E-state index contributed by atoms with van der Waals surface area (Å²) in [4.78, 5) is 26.0. The average molecular weight is 281 g/mol. The molecule has 0 aromatic rings. The van der Waals surface area contributed by atoms with Crippen LogP contribution < -0.4 is 0 Å². The minimum absolute atomic E-state index is 0.000242. The molecule has 1 amide bonds. The van der Waals surface area contributed by atoms with Crippen molar-refractivity contribution in [3.8, 4) is 0 Å². The van der Waals surface area contributed by atoms with Gasteiger partial charge in [-0.25, -0.2) is 0 Å². The van der Waals surface area contributed by atoms with E-state index in [2.05, 4.69) is 13.0 Å². The molecule has 0 saturated carbocycles. The van der Waals surface area contributed by atoms with Crippen LogP contribution in [0.1, 0.15) is 52.4 Å². The lowest BCUT2D eigenvalue weighted by Gasteiger charge is -2.25. The van der Waals surface area contributed by atoms with Gasteiger partial charge in [-0.3, -0.25) is 9.59 Å². The SMILES string of the molecule is CCCC=CCCC(=O)C(C)C(=O)N1CCCC1CO. The van der Waals surface area contributed by atoms with Crippen LogP contribution >= 0.6 is 0 Å². The lowest BCUT2D eigenvalue weighted by Crippen LogP contribution is -2.42. The van der Waals surface area contributed by atoms with E-state index in [1.165, 1.54) is 0 Å². The molecule has 0 aromatic carbocycles. The summed E-state index contributed by atoms with van der Waals surface area (Å²) in [6, 6.07) is -0.0952. The van der Waals surface area contributed by atoms with Crippen molar-refractivity contribution in [2.45, 2.75) is 58.4 Å². The van der Waals surface area contributed by atoms with Crippen LogP contribution in [0, 0.1) is 5.92 Å². The predicted molar refractivity (Wildman–Crippen MR) is 79.3 cm³/mol. The zero-order chi connectivity index (χ0) is 15.0. The highest BCUT2D eigenvalue weighted by molar-refractivity contribution is 6.01. The van der Waals surface area contributed by atoms with Gasteiger partial charge >= 0.3 is 0 Å². The molecule has 4 nitrogen and oxygen atoms in total. The van der Waals surface area contributed by atoms with Gasteiger partial charge in [0.15, 0.2) is 0 Å². The fourth-order valence-electron chi connectivity index (χ4n) is 2.55. The number of likely N-dealkylation sites (tertiary alicyclic amines) is 1. The van der Waals surface area contributed by atoms with Crippen molar-refractivity contribution >= 4 is 11.7 Å². The number of unbranched alkanes of at least 4 members (excludes halogenated alkanes) is 1. The Morgan fingerprint density at radius 1 is 1.35 bits per heavy atom. The number of rotatable bonds is 8. The summed E-state index contributed by atoms with van der Waals surface area (Å²) in [5.74, 6) is -0.703. The van der Waals surface area contributed by atoms with Gasteiger partial charge in [-0.1, -0.05) is 25.5 Å². The number of amides is 1. The average Bonchev–Trinajstić information content (AvgIpc) is 2.93. The third kappa shape index (κ3) is 4.75. The van der Waals surface area contributed by atoms with Crippen LogP contribution in [-0.4, -0.2) is 40.9 Å². The molecule has 114 valence electrons. The summed E-state index contributed by atoms with van der Waals surface area (Å²) in [6.07, 6.45) is 9.13. The molecule has 1 N–H and O–H groups in total. The Morgan fingerprint density at radius 2 is 2.05 bits per heavy atom. The summed E-state index contributed by atoms with van der Waals surface area (Å²) in [7, 11) is 0. The fourth-order valence-corrected chi connectivity index (χ4v) is 2.55. The van der Waals surface area contributed by atoms with E-state index in [-0.39, 0.29) is 24.3 Å². The molecule has 0 aliphatic carbocycles. The Balaban J connectivity index is 2.41. The monoisotopic (exact) mass is 281 g/mol. The van der Waals surface area contributed by atoms with Crippen LogP contribution in [0.3, 0.4) is 0 Å². The maximum absolute atomic E-state index is 12.3. The quantitative estimate of drug-likeness (QED) is 0.548. The third-order valence-electron chi connectivity index (χ3n) is 3.90. The summed E-state index contributed by atoms with van der Waals surface area (Å²) in [5.41, 5.74) is 0. The van der Waals surface area contributed by atoms with Crippen molar-refractivity contribution in [3.63, 3.8) is 0 Å². The first-order chi connectivity index (χ1) is 9.61. The van der Waals surface area contributed by atoms with Gasteiger partial charge in [-0.05, 0) is 32.6 Å². The van der Waals surface area contributed by atoms with Gasteiger partial charge in [0.2, 0.25) is 5.91 Å². The number of hydrogen-bond donors (Lipinski definition) is 1. The minimum atomic E-state index is -0.582. The van der Waals surface area contributed by atoms with Crippen molar-refractivity contribution < 1.29 is 14.7 Å². The minimum Gasteiger partial charge on any atom is -0.394 e. The summed E-state index contributed by atoms with van der Waals surface area (Å²) < 4.78 is 0. The van der Waals surface area contributed by atoms with Gasteiger partial charge in [0.05, 0.1) is 18.6 Å². The van der Waals surface area contributed by atoms with E-state index in [1.54, 1.807) is 11.8 Å². The van der Waals surface area contributed by atoms with Crippen LogP contribution in [0.15, 0.2) is 12.2 Å². The van der Waals surface area contributed by atoms with E-state index in [0.29, 0.717) is 19.4 Å². The van der Waals surface area contributed by atoms with Gasteiger partial charge in [-0.15, -0.1) is 0 Å². The lowest BCUT2D eigenvalue weighted by molar-refractivity contribution is -0.141. The largest absolute Gasteiger partial charge is 0.394 e. The molecule has 2 atom stereocenters. The summed E-state index contributed by atoms with van der Waals surface area (Å²) >= 11 is 0. The second-order valence-electron chi connectivity index (χ2n) is 5.50. The van der Waals surface area contributed by atoms with Crippen LogP contribution in [0.25, 0.3) is 0 Å². The molecule has 0 aromatic heterocycles. The van der Waals surface area contributed by atoms with E-state index in [1.807, 2.05) is 6.08 Å². The molecule has 1 saturated heterocycles. The zero-order valence-electron chi connectivity index (χ0n) is 12.7. The number of aliphatic hydroxyl groups is 1. The molecule has 0 spiro atoms. The van der Waals surface area contributed by atoms with Crippen molar-refractivity contribution in [1.82, 2.24) is 4.90 Å². The Bertz CT molecular complexity index is 352. The second kappa shape index (κ2) is 8.90. The number of nitrogens with zero attached hydrogens (tertiary/aromatic N) is 1. The standard InChI is InChI=1S/C16H27NO3/c1-3-4-5-6-7-10-15(19)13(2)16(20)17-11-8-9-14(17)12-18/h5-6,13-14,18H,3-4,7-12H2,1-2H3. The molecule has 20 heavy (non-hydrogen) atoms. The second-order valence-corrected chi connectivity index (χ2v) is 5.50. The van der Waals surface area contributed by atoms with Crippen molar-refractivity contribution in [1.29, 1.82) is 0 Å². The Kier molecular flexibility index (Phi) is 7.52. The maximum atomic E-state index is 12.3. The van der Waals surface area contributed by atoms with Gasteiger partial charge in [0.1, 0.15) is 5.78 Å². The highest BCUT2D eigenvalue weighted by Crippen LogP contribution is 2.20. The van der Waals surface area contributed by atoms with Gasteiger partial charge in [-0.2, -0.15) is 0 Å². The smallest absolute Gasteiger partial charge is 0.233 e. The summed E-state index contributed by atoms with van der Waals surface area (Å²) in [5, 5.41) is 9.24. The lowest BCUT2D eigenvalue weighted by atomic mass is 10.00. The van der Waals surface area contributed by atoms with Crippen LogP contribution in [0.5, 0.6) is 0 Å². The first kappa shape index (κ1) is 16.9. The fraction of sp³-hybridized carbons (Fsp3) is 0.750. The van der Waals surface area contributed by atoms with Crippen molar-refractivity contribution in [3.05, 3.63) is 12.2 Å². The molecule has 1 rings (SSSR count). The van der Waals surface area contributed by atoms with E-state index >= 15 is 0 Å². The molecular formula is C16H27NO3. The predicted octanol–water partition coefficient (Wildman–Crippen LogP) is 2.31. The first-order valence-electron chi connectivity index (χ1n) is 7.70. The molecule has 2 unspecified atom stereocenters. The van der Waals surface area contributed by atoms with Crippen molar-refractivity contribution in [2.75, 3.05) is 13.2 Å².